The molecule has 0 aliphatic carbocycles. The lowest BCUT2D eigenvalue weighted by Gasteiger charge is -2.14. The molecule has 0 aromatic heterocycles. The lowest BCUT2D eigenvalue weighted by atomic mass is 10.1. The molecular formula is C18H21NO4. The van der Waals surface area contributed by atoms with Gasteiger partial charge in [0.05, 0.1) is 21.3 Å². The second-order valence-electron chi connectivity index (χ2n) is 4.89. The Kier molecular flexibility index (Phi) is 5.86. The van der Waals surface area contributed by atoms with Crippen LogP contribution in [0.4, 0.5) is 0 Å². The van der Waals surface area contributed by atoms with Crippen LogP contribution in [0.25, 0.3) is 0 Å². The van der Waals surface area contributed by atoms with Gasteiger partial charge in [-0.2, -0.15) is 0 Å². The second kappa shape index (κ2) is 8.08. The molecule has 0 unspecified atom stereocenters. The van der Waals surface area contributed by atoms with Gasteiger partial charge in [0.15, 0.2) is 11.5 Å². The highest BCUT2D eigenvalue weighted by molar-refractivity contribution is 5.94. The lowest BCUT2D eigenvalue weighted by molar-refractivity contribution is 0.0954. The van der Waals surface area contributed by atoms with Crippen molar-refractivity contribution in [2.75, 3.05) is 27.9 Å². The topological polar surface area (TPSA) is 56.8 Å². The van der Waals surface area contributed by atoms with E-state index in [1.807, 2.05) is 24.3 Å². The largest absolute Gasteiger partial charge is 0.496 e. The summed E-state index contributed by atoms with van der Waals surface area (Å²) in [6, 6.07) is 12.8. The van der Waals surface area contributed by atoms with Crippen LogP contribution in [-0.2, 0) is 6.42 Å². The Labute approximate surface area is 136 Å². The van der Waals surface area contributed by atoms with Crippen molar-refractivity contribution >= 4 is 5.91 Å². The summed E-state index contributed by atoms with van der Waals surface area (Å²) in [5, 5.41) is 2.90. The summed E-state index contributed by atoms with van der Waals surface area (Å²) in [7, 11) is 4.77. The van der Waals surface area contributed by atoms with Crippen LogP contribution in [0, 0.1) is 0 Å². The fourth-order valence-corrected chi connectivity index (χ4v) is 2.29. The zero-order valence-corrected chi connectivity index (χ0v) is 13.6. The maximum Gasteiger partial charge on any atom is 0.251 e. The second-order valence-corrected chi connectivity index (χ2v) is 4.89. The molecule has 0 saturated carbocycles. The van der Waals surface area contributed by atoms with Crippen LogP contribution in [-0.4, -0.2) is 33.8 Å². The van der Waals surface area contributed by atoms with Crippen molar-refractivity contribution in [3.05, 3.63) is 53.6 Å². The molecule has 0 radical (unpaired) electrons. The van der Waals surface area contributed by atoms with Gasteiger partial charge in [0, 0.05) is 18.2 Å². The molecule has 0 atom stereocenters. The first-order valence-electron chi connectivity index (χ1n) is 7.31. The fourth-order valence-electron chi connectivity index (χ4n) is 2.29. The van der Waals surface area contributed by atoms with Crippen LogP contribution in [0.15, 0.2) is 42.5 Å². The Morgan fingerprint density at radius 3 is 2.13 bits per heavy atom. The monoisotopic (exact) mass is 315 g/mol. The highest BCUT2D eigenvalue weighted by atomic mass is 16.5. The maximum absolute atomic E-state index is 12.0. The SMILES string of the molecule is COc1cc(OC)c(OC)cc1CCNC(=O)c1ccccc1. The van der Waals surface area contributed by atoms with Gasteiger partial charge >= 0.3 is 0 Å². The number of hydrogen-bond donors (Lipinski definition) is 1. The highest BCUT2D eigenvalue weighted by Gasteiger charge is 2.12. The summed E-state index contributed by atoms with van der Waals surface area (Å²) in [6.45, 7) is 0.500. The van der Waals surface area contributed by atoms with E-state index in [0.29, 0.717) is 35.8 Å². The minimum Gasteiger partial charge on any atom is -0.496 e. The molecule has 0 saturated heterocycles. The van der Waals surface area contributed by atoms with E-state index >= 15 is 0 Å². The zero-order valence-electron chi connectivity index (χ0n) is 13.6. The Morgan fingerprint density at radius 2 is 1.52 bits per heavy atom. The molecule has 2 rings (SSSR count). The van der Waals surface area contributed by atoms with Crippen molar-refractivity contribution in [1.82, 2.24) is 5.32 Å². The van der Waals surface area contributed by atoms with E-state index in [2.05, 4.69) is 5.32 Å². The predicted octanol–water partition coefficient (Wildman–Crippen LogP) is 2.68. The number of ether oxygens (including phenoxy) is 3. The van der Waals surface area contributed by atoms with Crippen molar-refractivity contribution in [1.29, 1.82) is 0 Å². The number of carbonyl (C=O) groups excluding carboxylic acids is 1. The minimum atomic E-state index is -0.0926. The first kappa shape index (κ1) is 16.7. The van der Waals surface area contributed by atoms with Gasteiger partial charge in [-0.25, -0.2) is 0 Å². The van der Waals surface area contributed by atoms with E-state index in [1.165, 1.54) is 0 Å². The van der Waals surface area contributed by atoms with Crippen LogP contribution in [0.5, 0.6) is 17.2 Å². The standard InChI is InChI=1S/C18H21NO4/c1-21-15-12-17(23-3)16(22-2)11-14(15)9-10-19-18(20)13-7-5-4-6-8-13/h4-8,11-12H,9-10H2,1-3H3,(H,19,20). The summed E-state index contributed by atoms with van der Waals surface area (Å²) in [5.41, 5.74) is 1.59. The minimum absolute atomic E-state index is 0.0926. The molecule has 0 bridgehead atoms. The highest BCUT2D eigenvalue weighted by Crippen LogP contribution is 2.34. The molecule has 2 aromatic carbocycles. The van der Waals surface area contributed by atoms with E-state index in [-0.39, 0.29) is 5.91 Å². The number of nitrogens with one attached hydrogen (secondary N) is 1. The average Bonchev–Trinajstić information content (AvgIpc) is 2.61. The normalized spacial score (nSPS) is 10.0. The van der Waals surface area contributed by atoms with Crippen molar-refractivity contribution in [2.45, 2.75) is 6.42 Å². The molecule has 0 aliphatic rings. The van der Waals surface area contributed by atoms with E-state index in [0.717, 1.165) is 5.56 Å². The molecule has 0 fully saturated rings. The molecular weight excluding hydrogens is 294 g/mol. The summed E-state index contributed by atoms with van der Waals surface area (Å²) >= 11 is 0. The van der Waals surface area contributed by atoms with Crippen LogP contribution in [0.1, 0.15) is 15.9 Å². The Balaban J connectivity index is 2.04. The molecule has 0 spiro atoms. The number of methoxy groups -OCH3 is 3. The number of carbonyl (C=O) groups is 1. The van der Waals surface area contributed by atoms with Crippen LogP contribution < -0.4 is 19.5 Å². The van der Waals surface area contributed by atoms with Crippen molar-refractivity contribution in [2.24, 2.45) is 0 Å². The average molecular weight is 315 g/mol. The molecule has 1 amide bonds. The number of rotatable bonds is 7. The van der Waals surface area contributed by atoms with Gasteiger partial charge in [0.25, 0.3) is 5.91 Å². The molecule has 1 N–H and O–H groups in total. The molecule has 5 heteroatoms. The Morgan fingerprint density at radius 1 is 0.913 bits per heavy atom. The summed E-state index contributed by atoms with van der Waals surface area (Å²) < 4.78 is 15.9. The third-order valence-corrected chi connectivity index (χ3v) is 3.50. The smallest absolute Gasteiger partial charge is 0.251 e. The van der Waals surface area contributed by atoms with Gasteiger partial charge in [-0.15, -0.1) is 0 Å². The number of benzene rings is 2. The molecule has 2 aromatic rings. The summed E-state index contributed by atoms with van der Waals surface area (Å²) in [6.07, 6.45) is 0.627. The van der Waals surface area contributed by atoms with Crippen molar-refractivity contribution < 1.29 is 19.0 Å². The maximum atomic E-state index is 12.0. The Bertz CT molecular complexity index is 656. The van der Waals surface area contributed by atoms with E-state index < -0.39 is 0 Å². The first-order chi connectivity index (χ1) is 11.2. The fraction of sp³-hybridized carbons (Fsp3) is 0.278. The molecule has 0 aliphatic heterocycles. The van der Waals surface area contributed by atoms with E-state index in [1.54, 1.807) is 39.5 Å². The molecule has 5 nitrogen and oxygen atoms in total. The lowest BCUT2D eigenvalue weighted by Crippen LogP contribution is -2.25. The van der Waals surface area contributed by atoms with Gasteiger partial charge in [0.1, 0.15) is 5.75 Å². The molecule has 0 heterocycles. The van der Waals surface area contributed by atoms with Crippen molar-refractivity contribution in [3.63, 3.8) is 0 Å². The van der Waals surface area contributed by atoms with Gasteiger partial charge in [-0.3, -0.25) is 4.79 Å². The van der Waals surface area contributed by atoms with Gasteiger partial charge in [0.2, 0.25) is 0 Å². The van der Waals surface area contributed by atoms with Gasteiger partial charge in [-0.05, 0) is 30.2 Å². The third-order valence-electron chi connectivity index (χ3n) is 3.50. The van der Waals surface area contributed by atoms with Crippen molar-refractivity contribution in [3.8, 4) is 17.2 Å². The summed E-state index contributed by atoms with van der Waals surface area (Å²) in [5.74, 6) is 1.86. The Hall–Kier alpha value is -2.69. The zero-order chi connectivity index (χ0) is 16.7. The first-order valence-corrected chi connectivity index (χ1v) is 7.31. The quantitative estimate of drug-likeness (QED) is 0.853. The van der Waals surface area contributed by atoms with Gasteiger partial charge < -0.3 is 19.5 Å². The summed E-state index contributed by atoms with van der Waals surface area (Å²) in [4.78, 5) is 12.0. The molecule has 23 heavy (non-hydrogen) atoms. The van der Waals surface area contributed by atoms with Gasteiger partial charge in [-0.1, -0.05) is 18.2 Å². The van der Waals surface area contributed by atoms with Crippen LogP contribution >= 0.6 is 0 Å². The third kappa shape index (κ3) is 4.16. The van der Waals surface area contributed by atoms with E-state index in [4.69, 9.17) is 14.2 Å². The predicted molar refractivity (Wildman–Crippen MR) is 88.6 cm³/mol. The van der Waals surface area contributed by atoms with Crippen LogP contribution in [0.2, 0.25) is 0 Å². The molecule has 122 valence electrons. The van der Waals surface area contributed by atoms with Crippen LogP contribution in [0.3, 0.4) is 0 Å². The number of amides is 1. The van der Waals surface area contributed by atoms with E-state index in [9.17, 15) is 4.79 Å². The number of hydrogen-bond acceptors (Lipinski definition) is 4.